The standard InChI is InChI=1S/C24H24N2O3S/c1-4-17-7-10-19(11-8-17)25-24(28)26-21-15-18(23(27)29-3)9-14-22(21)30-20-12-5-16(2)6-13-20/h5-15H,4H2,1-3H3,(H2,25,26,28). The smallest absolute Gasteiger partial charge is 0.337 e. The Balaban J connectivity index is 1.82. The third-order valence-electron chi connectivity index (χ3n) is 4.52. The summed E-state index contributed by atoms with van der Waals surface area (Å²) in [6.07, 6.45) is 0.937. The number of anilines is 2. The average Bonchev–Trinajstić information content (AvgIpc) is 2.76. The molecule has 0 unspecified atom stereocenters. The van der Waals surface area contributed by atoms with E-state index in [1.54, 1.807) is 12.1 Å². The lowest BCUT2D eigenvalue weighted by Crippen LogP contribution is -2.20. The predicted octanol–water partition coefficient (Wildman–Crippen LogP) is 6.14. The molecule has 2 N–H and O–H groups in total. The molecule has 0 radical (unpaired) electrons. The molecule has 3 rings (SSSR count). The number of ether oxygens (including phenoxy) is 1. The van der Waals surface area contributed by atoms with Crippen LogP contribution in [-0.4, -0.2) is 19.1 Å². The van der Waals surface area contributed by atoms with Gasteiger partial charge in [0.05, 0.1) is 18.4 Å². The van der Waals surface area contributed by atoms with E-state index in [0.29, 0.717) is 16.9 Å². The van der Waals surface area contributed by atoms with Gasteiger partial charge in [0.1, 0.15) is 0 Å². The second-order valence-corrected chi connectivity index (χ2v) is 7.86. The third-order valence-corrected chi connectivity index (χ3v) is 5.60. The first-order valence-corrected chi connectivity index (χ1v) is 10.4. The summed E-state index contributed by atoms with van der Waals surface area (Å²) >= 11 is 1.51. The molecule has 3 aromatic carbocycles. The van der Waals surface area contributed by atoms with Crippen molar-refractivity contribution < 1.29 is 14.3 Å². The van der Waals surface area contributed by atoms with E-state index in [0.717, 1.165) is 16.2 Å². The minimum absolute atomic E-state index is 0.369. The number of carbonyl (C=O) groups excluding carboxylic acids is 2. The van der Waals surface area contributed by atoms with Crippen LogP contribution in [0.25, 0.3) is 0 Å². The van der Waals surface area contributed by atoms with Crippen LogP contribution in [-0.2, 0) is 11.2 Å². The number of hydrogen-bond acceptors (Lipinski definition) is 4. The van der Waals surface area contributed by atoms with E-state index in [2.05, 4.69) is 17.6 Å². The fraction of sp³-hybridized carbons (Fsp3) is 0.167. The molecule has 0 saturated heterocycles. The minimum Gasteiger partial charge on any atom is -0.465 e. The second kappa shape index (κ2) is 9.98. The SMILES string of the molecule is CCc1ccc(NC(=O)Nc2cc(C(=O)OC)ccc2Sc2ccc(C)cc2)cc1. The van der Waals surface area contributed by atoms with Crippen LogP contribution in [0.5, 0.6) is 0 Å². The highest BCUT2D eigenvalue weighted by molar-refractivity contribution is 7.99. The zero-order chi connectivity index (χ0) is 21.5. The first-order chi connectivity index (χ1) is 14.5. The molecular formula is C24H24N2O3S. The first-order valence-electron chi connectivity index (χ1n) is 9.62. The number of rotatable bonds is 6. The molecule has 0 aliphatic rings. The molecule has 0 spiro atoms. The van der Waals surface area contributed by atoms with Gasteiger partial charge in [-0.2, -0.15) is 0 Å². The van der Waals surface area contributed by atoms with E-state index in [-0.39, 0.29) is 6.03 Å². The van der Waals surface area contributed by atoms with Crippen LogP contribution in [0.1, 0.15) is 28.4 Å². The van der Waals surface area contributed by atoms with Gasteiger partial charge in [-0.1, -0.05) is 48.5 Å². The Labute approximate surface area is 180 Å². The summed E-state index contributed by atoms with van der Waals surface area (Å²) in [5.74, 6) is -0.458. The molecule has 2 amide bonds. The van der Waals surface area contributed by atoms with Crippen LogP contribution in [0.4, 0.5) is 16.2 Å². The van der Waals surface area contributed by atoms with Gasteiger partial charge in [0.2, 0.25) is 0 Å². The van der Waals surface area contributed by atoms with E-state index in [4.69, 9.17) is 4.74 Å². The quantitative estimate of drug-likeness (QED) is 0.470. The van der Waals surface area contributed by atoms with Crippen LogP contribution < -0.4 is 10.6 Å². The summed E-state index contributed by atoms with van der Waals surface area (Å²) in [6.45, 7) is 4.11. The first kappa shape index (κ1) is 21.5. The molecular weight excluding hydrogens is 396 g/mol. The average molecular weight is 421 g/mol. The van der Waals surface area contributed by atoms with Gasteiger partial charge < -0.3 is 15.4 Å². The van der Waals surface area contributed by atoms with Crippen LogP contribution in [0, 0.1) is 6.92 Å². The van der Waals surface area contributed by atoms with Gasteiger partial charge in [-0.3, -0.25) is 0 Å². The number of benzene rings is 3. The van der Waals surface area contributed by atoms with Crippen LogP contribution in [0.15, 0.2) is 76.5 Å². The highest BCUT2D eigenvalue weighted by Gasteiger charge is 2.13. The normalized spacial score (nSPS) is 10.4. The van der Waals surface area contributed by atoms with Crippen molar-refractivity contribution in [3.05, 3.63) is 83.4 Å². The maximum Gasteiger partial charge on any atom is 0.337 e. The van der Waals surface area contributed by atoms with Gasteiger partial charge in [0.25, 0.3) is 0 Å². The highest BCUT2D eigenvalue weighted by atomic mass is 32.2. The molecule has 0 saturated carbocycles. The van der Waals surface area contributed by atoms with Crippen molar-refractivity contribution in [2.45, 2.75) is 30.1 Å². The fourth-order valence-electron chi connectivity index (χ4n) is 2.80. The number of hydrogen-bond donors (Lipinski definition) is 2. The number of urea groups is 1. The van der Waals surface area contributed by atoms with Gasteiger partial charge in [-0.25, -0.2) is 9.59 Å². The number of aryl methyl sites for hydroxylation is 2. The van der Waals surface area contributed by atoms with Crippen molar-refractivity contribution in [3.63, 3.8) is 0 Å². The van der Waals surface area contributed by atoms with E-state index in [1.165, 1.54) is 30.0 Å². The molecule has 0 aliphatic heterocycles. The zero-order valence-electron chi connectivity index (χ0n) is 17.2. The predicted molar refractivity (Wildman–Crippen MR) is 122 cm³/mol. The topological polar surface area (TPSA) is 67.4 Å². The van der Waals surface area contributed by atoms with Gasteiger partial charge in [-0.15, -0.1) is 0 Å². The second-order valence-electron chi connectivity index (χ2n) is 6.75. The van der Waals surface area contributed by atoms with Crippen molar-refractivity contribution in [3.8, 4) is 0 Å². The Kier molecular flexibility index (Phi) is 7.14. The molecule has 0 heterocycles. The van der Waals surface area contributed by atoms with E-state index in [9.17, 15) is 9.59 Å². The molecule has 0 atom stereocenters. The lowest BCUT2D eigenvalue weighted by Gasteiger charge is -2.13. The lowest BCUT2D eigenvalue weighted by molar-refractivity contribution is 0.0600. The van der Waals surface area contributed by atoms with Crippen molar-refractivity contribution in [2.75, 3.05) is 17.7 Å². The van der Waals surface area contributed by atoms with Gasteiger partial charge in [0.15, 0.2) is 0 Å². The van der Waals surface area contributed by atoms with Crippen molar-refractivity contribution in [2.24, 2.45) is 0 Å². The summed E-state index contributed by atoms with van der Waals surface area (Å²) in [6, 6.07) is 20.5. The Morgan fingerprint density at radius 2 is 1.63 bits per heavy atom. The van der Waals surface area contributed by atoms with Crippen molar-refractivity contribution >= 4 is 35.1 Å². The van der Waals surface area contributed by atoms with E-state index < -0.39 is 5.97 Å². The van der Waals surface area contributed by atoms with Crippen molar-refractivity contribution in [1.82, 2.24) is 0 Å². The largest absolute Gasteiger partial charge is 0.465 e. The highest BCUT2D eigenvalue weighted by Crippen LogP contribution is 2.34. The van der Waals surface area contributed by atoms with Crippen LogP contribution >= 0.6 is 11.8 Å². The number of methoxy groups -OCH3 is 1. The maximum absolute atomic E-state index is 12.6. The van der Waals surface area contributed by atoms with Gasteiger partial charge in [0, 0.05) is 15.5 Å². The molecule has 6 heteroatoms. The van der Waals surface area contributed by atoms with Crippen LogP contribution in [0.3, 0.4) is 0 Å². The molecule has 0 fully saturated rings. The van der Waals surface area contributed by atoms with Gasteiger partial charge >= 0.3 is 12.0 Å². The fourth-order valence-corrected chi connectivity index (χ4v) is 3.69. The number of esters is 1. The van der Waals surface area contributed by atoms with Crippen molar-refractivity contribution in [1.29, 1.82) is 0 Å². The van der Waals surface area contributed by atoms with E-state index in [1.807, 2.05) is 61.5 Å². The van der Waals surface area contributed by atoms with Crippen LogP contribution in [0.2, 0.25) is 0 Å². The number of amides is 2. The Morgan fingerprint density at radius 1 is 0.933 bits per heavy atom. The molecule has 30 heavy (non-hydrogen) atoms. The molecule has 5 nitrogen and oxygen atoms in total. The number of nitrogens with one attached hydrogen (secondary N) is 2. The monoisotopic (exact) mass is 420 g/mol. The summed E-state index contributed by atoms with van der Waals surface area (Å²) in [5.41, 5.74) is 3.97. The third kappa shape index (κ3) is 5.64. The summed E-state index contributed by atoms with van der Waals surface area (Å²) in [4.78, 5) is 26.4. The summed E-state index contributed by atoms with van der Waals surface area (Å²) in [7, 11) is 1.33. The molecule has 0 bridgehead atoms. The Morgan fingerprint density at radius 3 is 2.27 bits per heavy atom. The Bertz CT molecular complexity index is 1030. The van der Waals surface area contributed by atoms with Gasteiger partial charge in [-0.05, 0) is 61.4 Å². The van der Waals surface area contributed by atoms with E-state index >= 15 is 0 Å². The lowest BCUT2D eigenvalue weighted by atomic mass is 10.1. The molecule has 0 aliphatic carbocycles. The summed E-state index contributed by atoms with van der Waals surface area (Å²) in [5, 5.41) is 5.69. The minimum atomic E-state index is -0.458. The Hall–Kier alpha value is -3.25. The molecule has 3 aromatic rings. The maximum atomic E-state index is 12.6. The molecule has 0 aromatic heterocycles. The molecule has 154 valence electrons. The summed E-state index contributed by atoms with van der Waals surface area (Å²) < 4.78 is 4.81. The zero-order valence-corrected chi connectivity index (χ0v) is 18.0. The number of carbonyl (C=O) groups is 2.